The van der Waals surface area contributed by atoms with Crippen LogP contribution in [-0.2, 0) is 0 Å². The van der Waals surface area contributed by atoms with Gasteiger partial charge in [-0.05, 0) is 81.5 Å². The van der Waals surface area contributed by atoms with Crippen molar-refractivity contribution in [1.29, 1.82) is 0 Å². The van der Waals surface area contributed by atoms with Crippen molar-refractivity contribution in [2.45, 2.75) is 5.16 Å². The van der Waals surface area contributed by atoms with Crippen LogP contribution in [0.5, 0.6) is 0 Å². The van der Waals surface area contributed by atoms with Crippen LogP contribution in [0.4, 0.5) is 4.39 Å². The molecule has 116 valence electrons. The second kappa shape index (κ2) is 7.18. The van der Waals surface area contributed by atoms with Crippen LogP contribution in [0.3, 0.4) is 0 Å². The molecular weight excluding hydrogens is 430 g/mol. The molecule has 0 bridgehead atoms. The predicted octanol–water partition coefficient (Wildman–Crippen LogP) is 3.38. The van der Waals surface area contributed by atoms with Gasteiger partial charge in [-0.25, -0.2) is 4.39 Å². The molecule has 0 fully saturated rings. The smallest absolute Gasteiger partial charge is 0.214 e. The predicted molar refractivity (Wildman–Crippen MR) is 93.3 cm³/mol. The van der Waals surface area contributed by atoms with Gasteiger partial charge >= 0.3 is 0 Å². The number of halogens is 2. The molecule has 3 aromatic rings. The molecule has 0 amide bonds. The molecule has 0 unspecified atom stereocenters. The van der Waals surface area contributed by atoms with E-state index >= 15 is 0 Å². The highest BCUT2D eigenvalue weighted by Gasteiger charge is 2.13. The largest absolute Gasteiger partial charge is 0.293 e. The first-order chi connectivity index (χ1) is 11.1. The molecule has 0 spiro atoms. The Morgan fingerprint density at radius 1 is 1.13 bits per heavy atom. The van der Waals surface area contributed by atoms with Gasteiger partial charge in [-0.3, -0.25) is 4.79 Å². The lowest BCUT2D eigenvalue weighted by atomic mass is 10.1. The lowest BCUT2D eigenvalue weighted by molar-refractivity contribution is 0.102. The summed E-state index contributed by atoms with van der Waals surface area (Å²) in [7, 11) is 0. The highest BCUT2D eigenvalue weighted by molar-refractivity contribution is 14.1. The summed E-state index contributed by atoms with van der Waals surface area (Å²) >= 11 is 3.46. The molecule has 3 rings (SSSR count). The lowest BCUT2D eigenvalue weighted by Gasteiger charge is -2.04. The van der Waals surface area contributed by atoms with E-state index in [0.29, 0.717) is 10.7 Å². The maximum Gasteiger partial charge on any atom is 0.214 e. The Bertz CT molecular complexity index is 820. The minimum Gasteiger partial charge on any atom is -0.293 e. The molecular formula is C15H10FIN4OS. The number of hydrogen-bond acceptors (Lipinski definition) is 5. The molecule has 0 saturated carbocycles. The SMILES string of the molecule is O=C(CSc1nnnn1-c1ccc(I)cc1)c1ccc(F)cc1. The summed E-state index contributed by atoms with van der Waals surface area (Å²) < 4.78 is 15.6. The number of carbonyl (C=O) groups is 1. The van der Waals surface area contributed by atoms with Crippen molar-refractivity contribution >= 4 is 40.1 Å². The van der Waals surface area contributed by atoms with Crippen molar-refractivity contribution < 1.29 is 9.18 Å². The molecule has 0 aliphatic rings. The fourth-order valence-electron chi connectivity index (χ4n) is 1.86. The van der Waals surface area contributed by atoms with Crippen LogP contribution >= 0.6 is 34.4 Å². The van der Waals surface area contributed by atoms with Crippen LogP contribution in [0.25, 0.3) is 5.69 Å². The molecule has 0 saturated heterocycles. The Morgan fingerprint density at radius 2 is 1.83 bits per heavy atom. The first-order valence-electron chi connectivity index (χ1n) is 6.59. The van der Waals surface area contributed by atoms with Gasteiger partial charge < -0.3 is 0 Å². The average Bonchev–Trinajstić information content (AvgIpc) is 3.02. The van der Waals surface area contributed by atoms with Crippen LogP contribution in [-0.4, -0.2) is 31.7 Å². The summed E-state index contributed by atoms with van der Waals surface area (Å²) in [5.41, 5.74) is 1.29. The lowest BCUT2D eigenvalue weighted by Crippen LogP contribution is -2.05. The number of Topliss-reactive ketones (excluding diaryl/α,β-unsaturated/α-hetero) is 1. The summed E-state index contributed by atoms with van der Waals surface area (Å²) in [5, 5.41) is 12.1. The monoisotopic (exact) mass is 440 g/mol. The maximum atomic E-state index is 12.9. The van der Waals surface area contributed by atoms with Crippen molar-refractivity contribution in [3.63, 3.8) is 0 Å². The third-order valence-electron chi connectivity index (χ3n) is 3.01. The summed E-state index contributed by atoms with van der Waals surface area (Å²) in [6.07, 6.45) is 0. The number of carbonyl (C=O) groups excluding carboxylic acids is 1. The van der Waals surface area contributed by atoms with Crippen molar-refractivity contribution in [3.05, 3.63) is 63.5 Å². The van der Waals surface area contributed by atoms with Crippen LogP contribution in [0.2, 0.25) is 0 Å². The van der Waals surface area contributed by atoms with Crippen molar-refractivity contribution in [1.82, 2.24) is 20.2 Å². The van der Waals surface area contributed by atoms with E-state index in [1.807, 2.05) is 24.3 Å². The van der Waals surface area contributed by atoms with Crippen molar-refractivity contribution in [3.8, 4) is 5.69 Å². The number of ketones is 1. The van der Waals surface area contributed by atoms with Crippen molar-refractivity contribution in [2.75, 3.05) is 5.75 Å². The maximum absolute atomic E-state index is 12.9. The molecule has 5 nitrogen and oxygen atoms in total. The molecule has 0 aliphatic heterocycles. The molecule has 0 radical (unpaired) electrons. The Hall–Kier alpha value is -1.81. The molecule has 0 aliphatic carbocycles. The minimum atomic E-state index is -0.364. The van der Waals surface area contributed by atoms with Gasteiger partial charge in [-0.2, -0.15) is 4.68 Å². The van der Waals surface area contributed by atoms with Crippen LogP contribution in [0, 0.1) is 9.39 Å². The summed E-state index contributed by atoms with van der Waals surface area (Å²) in [6, 6.07) is 13.2. The third kappa shape index (κ3) is 3.94. The van der Waals surface area contributed by atoms with E-state index in [0.717, 1.165) is 9.26 Å². The Labute approximate surface area is 149 Å². The Morgan fingerprint density at radius 3 is 2.52 bits per heavy atom. The standard InChI is InChI=1S/C15H10FIN4OS/c16-11-3-1-10(2-4-11)14(22)9-23-15-18-19-20-21(15)13-7-5-12(17)6-8-13/h1-8H,9H2. The molecule has 0 atom stereocenters. The van der Waals surface area contributed by atoms with E-state index < -0.39 is 0 Å². The Kier molecular flexibility index (Phi) is 5.01. The van der Waals surface area contributed by atoms with Gasteiger partial charge in [-0.15, -0.1) is 5.10 Å². The fraction of sp³-hybridized carbons (Fsp3) is 0.0667. The van der Waals surface area contributed by atoms with Gasteiger partial charge in [0, 0.05) is 9.13 Å². The molecule has 0 N–H and O–H groups in total. The van der Waals surface area contributed by atoms with E-state index in [1.54, 1.807) is 4.68 Å². The summed E-state index contributed by atoms with van der Waals surface area (Å²) in [5.74, 6) is -0.292. The number of hydrogen-bond donors (Lipinski definition) is 0. The number of rotatable bonds is 5. The third-order valence-corrected chi connectivity index (χ3v) is 4.65. The molecule has 1 heterocycles. The normalized spacial score (nSPS) is 10.7. The van der Waals surface area contributed by atoms with Crippen molar-refractivity contribution in [2.24, 2.45) is 0 Å². The van der Waals surface area contributed by atoms with E-state index in [4.69, 9.17) is 0 Å². The van der Waals surface area contributed by atoms with Gasteiger partial charge in [0.05, 0.1) is 11.4 Å². The van der Waals surface area contributed by atoms with E-state index in [2.05, 4.69) is 38.1 Å². The first-order valence-corrected chi connectivity index (χ1v) is 8.66. The first kappa shape index (κ1) is 16.1. The van der Waals surface area contributed by atoms with E-state index in [-0.39, 0.29) is 17.4 Å². The molecule has 1 aromatic heterocycles. The Balaban J connectivity index is 1.72. The van der Waals surface area contributed by atoms with E-state index in [1.165, 1.54) is 36.0 Å². The number of nitrogens with zero attached hydrogens (tertiary/aromatic N) is 4. The van der Waals surface area contributed by atoms with Crippen LogP contribution < -0.4 is 0 Å². The van der Waals surface area contributed by atoms with Gasteiger partial charge in [-0.1, -0.05) is 11.8 Å². The molecule has 23 heavy (non-hydrogen) atoms. The molecule has 8 heteroatoms. The summed E-state index contributed by atoms with van der Waals surface area (Å²) in [4.78, 5) is 12.1. The zero-order valence-electron chi connectivity index (χ0n) is 11.7. The highest BCUT2D eigenvalue weighted by atomic mass is 127. The van der Waals surface area contributed by atoms with Gasteiger partial charge in [0.15, 0.2) is 5.78 Å². The second-order valence-electron chi connectivity index (χ2n) is 4.57. The average molecular weight is 440 g/mol. The highest BCUT2D eigenvalue weighted by Crippen LogP contribution is 2.20. The number of aromatic nitrogens is 4. The van der Waals surface area contributed by atoms with Gasteiger partial charge in [0.2, 0.25) is 5.16 Å². The van der Waals surface area contributed by atoms with Gasteiger partial charge in [0.1, 0.15) is 5.82 Å². The summed E-state index contributed by atoms with van der Waals surface area (Å²) in [6.45, 7) is 0. The zero-order chi connectivity index (χ0) is 16.2. The van der Waals surface area contributed by atoms with Crippen LogP contribution in [0.1, 0.15) is 10.4 Å². The number of thioether (sulfide) groups is 1. The zero-order valence-corrected chi connectivity index (χ0v) is 14.7. The quantitative estimate of drug-likeness (QED) is 0.346. The fourth-order valence-corrected chi connectivity index (χ4v) is 3.01. The number of benzene rings is 2. The van der Waals surface area contributed by atoms with E-state index in [9.17, 15) is 9.18 Å². The van der Waals surface area contributed by atoms with Gasteiger partial charge in [0.25, 0.3) is 0 Å². The second-order valence-corrected chi connectivity index (χ2v) is 6.76. The number of tetrazole rings is 1. The molecule has 2 aromatic carbocycles. The van der Waals surface area contributed by atoms with Crippen LogP contribution in [0.15, 0.2) is 53.7 Å². The topological polar surface area (TPSA) is 60.7 Å². The minimum absolute atomic E-state index is 0.104.